The summed E-state index contributed by atoms with van der Waals surface area (Å²) in [5, 5.41) is 5.35. The van der Waals surface area contributed by atoms with E-state index in [-0.39, 0.29) is 23.8 Å². The van der Waals surface area contributed by atoms with Gasteiger partial charge in [-0.05, 0) is 55.9 Å². The first kappa shape index (κ1) is 20.7. The summed E-state index contributed by atoms with van der Waals surface area (Å²) in [5.41, 5.74) is 1.76. The molecule has 1 aromatic carbocycles. The van der Waals surface area contributed by atoms with Crippen LogP contribution >= 0.6 is 0 Å². The predicted molar refractivity (Wildman–Crippen MR) is 106 cm³/mol. The number of piperidine rings is 1. The van der Waals surface area contributed by atoms with E-state index in [9.17, 15) is 14.4 Å². The number of benzene rings is 1. The van der Waals surface area contributed by atoms with Gasteiger partial charge in [0, 0.05) is 38.2 Å². The second kappa shape index (κ2) is 10.5. The molecule has 0 aliphatic carbocycles. The predicted octanol–water partition coefficient (Wildman–Crippen LogP) is 2.65. The van der Waals surface area contributed by atoms with Crippen molar-refractivity contribution in [3.63, 3.8) is 0 Å². The summed E-state index contributed by atoms with van der Waals surface area (Å²) in [5.74, 6) is -0.0666. The normalized spacial score (nSPS) is 16.5. The molecule has 1 atom stereocenters. The van der Waals surface area contributed by atoms with Crippen molar-refractivity contribution in [3.05, 3.63) is 42.5 Å². The Kier molecular flexibility index (Phi) is 8.04. The quantitative estimate of drug-likeness (QED) is 0.690. The van der Waals surface area contributed by atoms with Crippen molar-refractivity contribution >= 4 is 23.4 Å². The van der Waals surface area contributed by atoms with E-state index < -0.39 is 0 Å². The summed E-state index contributed by atoms with van der Waals surface area (Å²) in [6, 6.07) is 7.67. The number of nitrogens with one attached hydrogen (secondary N) is 2. The molecule has 1 unspecified atom stereocenters. The maximum absolute atomic E-state index is 12.7. The molecule has 1 saturated heterocycles. The molecule has 0 spiro atoms. The minimum Gasteiger partial charge on any atom is -0.359 e. The number of amides is 3. The van der Waals surface area contributed by atoms with E-state index in [0.717, 1.165) is 37.8 Å². The molecular weight excluding hydrogens is 342 g/mol. The number of carbonyl (C=O) groups excluding carboxylic acids is 3. The van der Waals surface area contributed by atoms with Crippen LogP contribution in [0.4, 0.5) is 5.69 Å². The highest BCUT2D eigenvalue weighted by Gasteiger charge is 2.26. The number of rotatable bonds is 8. The molecule has 6 heteroatoms. The van der Waals surface area contributed by atoms with E-state index in [0.29, 0.717) is 24.9 Å². The van der Waals surface area contributed by atoms with Crippen molar-refractivity contribution in [2.75, 3.05) is 18.9 Å². The zero-order chi connectivity index (χ0) is 19.6. The summed E-state index contributed by atoms with van der Waals surface area (Å²) < 4.78 is 0. The third-order valence-electron chi connectivity index (χ3n) is 4.97. The van der Waals surface area contributed by atoms with Crippen molar-refractivity contribution in [3.8, 4) is 0 Å². The fourth-order valence-electron chi connectivity index (χ4n) is 3.39. The van der Waals surface area contributed by atoms with Gasteiger partial charge in [0.25, 0.3) is 0 Å². The fraction of sp³-hybridized carbons (Fsp3) is 0.476. The van der Waals surface area contributed by atoms with Crippen LogP contribution in [0.2, 0.25) is 0 Å². The fourth-order valence-corrected chi connectivity index (χ4v) is 3.39. The molecule has 3 amide bonds. The maximum atomic E-state index is 12.7. The molecule has 6 nitrogen and oxygen atoms in total. The van der Waals surface area contributed by atoms with E-state index in [1.165, 1.54) is 6.08 Å². The highest BCUT2D eigenvalue weighted by atomic mass is 16.2. The van der Waals surface area contributed by atoms with Crippen molar-refractivity contribution in [1.82, 2.24) is 10.2 Å². The molecule has 146 valence electrons. The smallest absolute Gasteiger partial charge is 0.247 e. The third kappa shape index (κ3) is 6.55. The molecule has 1 heterocycles. The van der Waals surface area contributed by atoms with Crippen LogP contribution in [0.25, 0.3) is 0 Å². The lowest BCUT2D eigenvalue weighted by Crippen LogP contribution is -2.44. The lowest BCUT2D eigenvalue weighted by atomic mass is 9.96. The minimum absolute atomic E-state index is 0.0246. The van der Waals surface area contributed by atoms with Gasteiger partial charge in [-0.15, -0.1) is 0 Å². The van der Waals surface area contributed by atoms with Crippen molar-refractivity contribution in [1.29, 1.82) is 0 Å². The monoisotopic (exact) mass is 371 g/mol. The van der Waals surface area contributed by atoms with Crippen LogP contribution in [0.1, 0.15) is 44.1 Å². The SMILES string of the molecule is C=CC(=O)Nc1ccc(CCC(=O)N2CCCCC2CCC(=O)NC)cc1. The average molecular weight is 371 g/mol. The molecule has 0 radical (unpaired) electrons. The molecule has 1 aliphatic rings. The Bertz CT molecular complexity index is 670. The molecular formula is C21H29N3O3. The second-order valence-electron chi connectivity index (χ2n) is 6.84. The second-order valence-corrected chi connectivity index (χ2v) is 6.84. The van der Waals surface area contributed by atoms with Gasteiger partial charge in [-0.1, -0.05) is 18.7 Å². The van der Waals surface area contributed by atoms with Crippen molar-refractivity contribution < 1.29 is 14.4 Å². The Balaban J connectivity index is 1.86. The Hall–Kier alpha value is -2.63. The van der Waals surface area contributed by atoms with Crippen LogP contribution in [0.3, 0.4) is 0 Å². The molecule has 0 aromatic heterocycles. The summed E-state index contributed by atoms with van der Waals surface area (Å²) in [6.45, 7) is 4.21. The van der Waals surface area contributed by atoms with Gasteiger partial charge in [-0.3, -0.25) is 14.4 Å². The topological polar surface area (TPSA) is 78.5 Å². The number of hydrogen-bond donors (Lipinski definition) is 2. The van der Waals surface area contributed by atoms with Crippen LogP contribution in [0.15, 0.2) is 36.9 Å². The number of carbonyl (C=O) groups is 3. The van der Waals surface area contributed by atoms with E-state index >= 15 is 0 Å². The molecule has 0 bridgehead atoms. The lowest BCUT2D eigenvalue weighted by Gasteiger charge is -2.36. The van der Waals surface area contributed by atoms with Gasteiger partial charge in [0.2, 0.25) is 17.7 Å². The summed E-state index contributed by atoms with van der Waals surface area (Å²) in [4.78, 5) is 37.5. The molecule has 1 aliphatic heterocycles. The summed E-state index contributed by atoms with van der Waals surface area (Å²) in [7, 11) is 1.64. The molecule has 2 N–H and O–H groups in total. The van der Waals surface area contributed by atoms with E-state index in [4.69, 9.17) is 0 Å². The minimum atomic E-state index is -0.245. The summed E-state index contributed by atoms with van der Waals surface area (Å²) >= 11 is 0. The number of hydrogen-bond acceptors (Lipinski definition) is 3. The van der Waals surface area contributed by atoms with Gasteiger partial charge in [0.05, 0.1) is 0 Å². The van der Waals surface area contributed by atoms with Crippen molar-refractivity contribution in [2.24, 2.45) is 0 Å². The Morgan fingerprint density at radius 3 is 2.59 bits per heavy atom. The highest BCUT2D eigenvalue weighted by Crippen LogP contribution is 2.22. The highest BCUT2D eigenvalue weighted by molar-refractivity contribution is 5.98. The van der Waals surface area contributed by atoms with Crippen LogP contribution in [0, 0.1) is 0 Å². The van der Waals surface area contributed by atoms with Gasteiger partial charge in [-0.2, -0.15) is 0 Å². The van der Waals surface area contributed by atoms with Crippen LogP contribution in [-0.4, -0.2) is 42.3 Å². The molecule has 1 fully saturated rings. The first-order chi connectivity index (χ1) is 13.0. The third-order valence-corrected chi connectivity index (χ3v) is 4.97. The van der Waals surface area contributed by atoms with Crippen molar-refractivity contribution in [2.45, 2.75) is 51.0 Å². The van der Waals surface area contributed by atoms with Gasteiger partial charge in [0.15, 0.2) is 0 Å². The Morgan fingerprint density at radius 1 is 1.19 bits per heavy atom. The largest absolute Gasteiger partial charge is 0.359 e. The lowest BCUT2D eigenvalue weighted by molar-refractivity contribution is -0.135. The zero-order valence-electron chi connectivity index (χ0n) is 16.0. The molecule has 0 saturated carbocycles. The van der Waals surface area contributed by atoms with Crippen LogP contribution in [-0.2, 0) is 20.8 Å². The van der Waals surface area contributed by atoms with E-state index in [1.54, 1.807) is 7.05 Å². The Labute approximate surface area is 161 Å². The van der Waals surface area contributed by atoms with Crippen LogP contribution in [0.5, 0.6) is 0 Å². The van der Waals surface area contributed by atoms with E-state index in [1.807, 2.05) is 29.2 Å². The number of anilines is 1. The Morgan fingerprint density at radius 2 is 1.93 bits per heavy atom. The van der Waals surface area contributed by atoms with E-state index in [2.05, 4.69) is 17.2 Å². The number of likely N-dealkylation sites (tertiary alicyclic amines) is 1. The maximum Gasteiger partial charge on any atom is 0.247 e. The number of aryl methyl sites for hydroxylation is 1. The first-order valence-corrected chi connectivity index (χ1v) is 9.56. The summed E-state index contributed by atoms with van der Waals surface area (Å²) in [6.07, 6.45) is 6.64. The molecule has 2 rings (SSSR count). The first-order valence-electron chi connectivity index (χ1n) is 9.56. The standard InChI is InChI=1S/C21H29N3O3/c1-3-19(25)23-17-10-7-16(8-11-17)9-14-21(27)24-15-5-4-6-18(24)12-13-20(26)22-2/h3,7-8,10-11,18H,1,4-6,9,12-15H2,2H3,(H,22,26)(H,23,25). The zero-order valence-corrected chi connectivity index (χ0v) is 16.0. The number of nitrogens with zero attached hydrogens (tertiary/aromatic N) is 1. The van der Waals surface area contributed by atoms with Gasteiger partial charge >= 0.3 is 0 Å². The average Bonchev–Trinajstić information content (AvgIpc) is 2.71. The molecule has 1 aromatic rings. The van der Waals surface area contributed by atoms with Gasteiger partial charge in [0.1, 0.15) is 0 Å². The van der Waals surface area contributed by atoms with Gasteiger partial charge in [-0.25, -0.2) is 0 Å². The van der Waals surface area contributed by atoms with Gasteiger partial charge < -0.3 is 15.5 Å². The van der Waals surface area contributed by atoms with Crippen LogP contribution < -0.4 is 10.6 Å². The molecule has 27 heavy (non-hydrogen) atoms.